The number of amides is 1. The third-order valence-electron chi connectivity index (χ3n) is 4.46. The summed E-state index contributed by atoms with van der Waals surface area (Å²) in [5, 5.41) is 10.9. The van der Waals surface area contributed by atoms with Crippen LogP contribution in [-0.4, -0.2) is 41.8 Å². The third kappa shape index (κ3) is 5.84. The Kier molecular flexibility index (Phi) is 8.32. The molecule has 7 nitrogen and oxygen atoms in total. The van der Waals surface area contributed by atoms with Crippen LogP contribution in [0, 0.1) is 0 Å². The van der Waals surface area contributed by atoms with Crippen LogP contribution in [0.1, 0.15) is 36.7 Å². The van der Waals surface area contributed by atoms with E-state index in [1.807, 2.05) is 19.9 Å². The van der Waals surface area contributed by atoms with E-state index >= 15 is 0 Å². The molecular weight excluding hydrogens is 442 g/mol. The molecule has 1 aliphatic heterocycles. The van der Waals surface area contributed by atoms with Crippen molar-refractivity contribution < 1.29 is 28.9 Å². The maximum Gasteiger partial charge on any atom is 0.344 e. The van der Waals surface area contributed by atoms with Crippen molar-refractivity contribution in [3.8, 4) is 11.5 Å². The number of esters is 1. The standard InChI is InChI=1S/C25H25NO6S/c1-4-30-18-13-12-16(14-19(18)31-5-2)15-20-22(27)21(25(29)32-6-3)24(33-20)26-23(28)17-10-8-7-9-11-17/h7-15,27H,4-6H2,1-3H3/b20-15-,26-24?. The highest BCUT2D eigenvalue weighted by Gasteiger charge is 2.34. The van der Waals surface area contributed by atoms with Crippen molar-refractivity contribution in [3.05, 3.63) is 75.9 Å². The SMILES string of the molecule is CCOC(=O)C1=C(O)/C(=C/c2ccc(OCC)c(OCC)c2)SC1=NC(=O)c1ccccc1. The molecule has 8 heteroatoms. The molecule has 3 rings (SSSR count). The van der Waals surface area contributed by atoms with Gasteiger partial charge in [0.15, 0.2) is 11.5 Å². The Bertz CT molecular complexity index is 1120. The fraction of sp³-hybridized carbons (Fsp3) is 0.240. The number of nitrogens with zero attached hydrogens (tertiary/aromatic N) is 1. The van der Waals surface area contributed by atoms with E-state index in [-0.39, 0.29) is 23.0 Å². The summed E-state index contributed by atoms with van der Waals surface area (Å²) in [4.78, 5) is 29.6. The molecule has 1 amide bonds. The normalized spacial score (nSPS) is 15.7. The Morgan fingerprint density at radius 3 is 2.33 bits per heavy atom. The van der Waals surface area contributed by atoms with Gasteiger partial charge in [0.2, 0.25) is 0 Å². The van der Waals surface area contributed by atoms with Crippen LogP contribution in [0.25, 0.3) is 6.08 Å². The molecule has 2 aromatic rings. The zero-order valence-corrected chi connectivity index (χ0v) is 19.5. The van der Waals surface area contributed by atoms with Gasteiger partial charge < -0.3 is 19.3 Å². The van der Waals surface area contributed by atoms with Gasteiger partial charge in [-0.3, -0.25) is 4.79 Å². The molecule has 1 N–H and O–H groups in total. The molecule has 0 spiro atoms. The first kappa shape index (κ1) is 24.1. The quantitative estimate of drug-likeness (QED) is 0.534. The zero-order chi connectivity index (χ0) is 23.8. The summed E-state index contributed by atoms with van der Waals surface area (Å²) in [5.41, 5.74) is 0.960. The number of aliphatic hydroxyl groups is 1. The average Bonchev–Trinajstić information content (AvgIpc) is 3.11. The number of benzene rings is 2. The van der Waals surface area contributed by atoms with Crippen molar-refractivity contribution >= 4 is 34.8 Å². The minimum absolute atomic E-state index is 0.0852. The zero-order valence-electron chi connectivity index (χ0n) is 18.7. The molecule has 0 unspecified atom stereocenters. The van der Waals surface area contributed by atoms with Gasteiger partial charge in [-0.15, -0.1) is 0 Å². The van der Waals surface area contributed by atoms with Crippen LogP contribution in [0.15, 0.2) is 69.8 Å². The monoisotopic (exact) mass is 467 g/mol. The predicted molar refractivity (Wildman–Crippen MR) is 129 cm³/mol. The molecule has 0 saturated carbocycles. The molecule has 0 atom stereocenters. The van der Waals surface area contributed by atoms with Crippen LogP contribution in [0.3, 0.4) is 0 Å². The summed E-state index contributed by atoms with van der Waals surface area (Å²) in [6.07, 6.45) is 1.69. The van der Waals surface area contributed by atoms with Gasteiger partial charge in [-0.05, 0) is 56.7 Å². The van der Waals surface area contributed by atoms with Gasteiger partial charge in [0.1, 0.15) is 16.4 Å². The Morgan fingerprint density at radius 1 is 0.970 bits per heavy atom. The fourth-order valence-corrected chi connectivity index (χ4v) is 4.05. The molecular formula is C25H25NO6S. The van der Waals surface area contributed by atoms with Crippen molar-refractivity contribution in [2.24, 2.45) is 4.99 Å². The Labute approximate surface area is 196 Å². The number of aliphatic hydroxyl groups excluding tert-OH is 1. The van der Waals surface area contributed by atoms with E-state index in [1.54, 1.807) is 55.5 Å². The molecule has 1 heterocycles. The highest BCUT2D eigenvalue weighted by Crippen LogP contribution is 2.40. The number of rotatable bonds is 8. The maximum absolute atomic E-state index is 12.6. The molecule has 0 fully saturated rings. The lowest BCUT2D eigenvalue weighted by Crippen LogP contribution is -2.14. The first-order valence-electron chi connectivity index (χ1n) is 10.6. The van der Waals surface area contributed by atoms with Crippen molar-refractivity contribution in [2.45, 2.75) is 20.8 Å². The van der Waals surface area contributed by atoms with Gasteiger partial charge in [0.25, 0.3) is 5.91 Å². The number of thioether (sulfide) groups is 1. The van der Waals surface area contributed by atoms with Crippen molar-refractivity contribution in [2.75, 3.05) is 19.8 Å². The van der Waals surface area contributed by atoms with E-state index in [0.29, 0.717) is 35.2 Å². The van der Waals surface area contributed by atoms with Crippen molar-refractivity contribution in [1.29, 1.82) is 0 Å². The van der Waals surface area contributed by atoms with Gasteiger partial charge in [-0.25, -0.2) is 9.79 Å². The second-order valence-electron chi connectivity index (χ2n) is 6.72. The summed E-state index contributed by atoms with van der Waals surface area (Å²) in [7, 11) is 0. The van der Waals surface area contributed by atoms with E-state index < -0.39 is 11.9 Å². The number of ether oxygens (including phenoxy) is 3. The van der Waals surface area contributed by atoms with Gasteiger partial charge >= 0.3 is 5.97 Å². The molecule has 172 valence electrons. The molecule has 33 heavy (non-hydrogen) atoms. The lowest BCUT2D eigenvalue weighted by Gasteiger charge is -2.11. The second kappa shape index (κ2) is 11.4. The highest BCUT2D eigenvalue weighted by atomic mass is 32.2. The third-order valence-corrected chi connectivity index (χ3v) is 5.48. The summed E-state index contributed by atoms with van der Waals surface area (Å²) in [6, 6.07) is 13.9. The molecule has 0 bridgehead atoms. The molecule has 0 aliphatic carbocycles. The summed E-state index contributed by atoms with van der Waals surface area (Å²) >= 11 is 1.03. The van der Waals surface area contributed by atoms with Crippen LogP contribution in [0.2, 0.25) is 0 Å². The van der Waals surface area contributed by atoms with Crippen LogP contribution >= 0.6 is 11.8 Å². The molecule has 0 radical (unpaired) electrons. The van der Waals surface area contributed by atoms with Gasteiger partial charge in [-0.1, -0.05) is 36.0 Å². The lowest BCUT2D eigenvalue weighted by atomic mass is 10.1. The van der Waals surface area contributed by atoms with E-state index in [1.165, 1.54) is 0 Å². The number of carbonyl (C=O) groups is 2. The molecule has 0 aromatic heterocycles. The minimum atomic E-state index is -0.743. The van der Waals surface area contributed by atoms with Crippen LogP contribution in [0.4, 0.5) is 0 Å². The summed E-state index contributed by atoms with van der Waals surface area (Å²) < 4.78 is 16.3. The van der Waals surface area contributed by atoms with Gasteiger partial charge in [0.05, 0.1) is 24.7 Å². The smallest absolute Gasteiger partial charge is 0.344 e. The van der Waals surface area contributed by atoms with Crippen LogP contribution < -0.4 is 9.47 Å². The minimum Gasteiger partial charge on any atom is -0.506 e. The van der Waals surface area contributed by atoms with E-state index in [4.69, 9.17) is 14.2 Å². The number of carbonyl (C=O) groups excluding carboxylic acids is 2. The average molecular weight is 468 g/mol. The predicted octanol–water partition coefficient (Wildman–Crippen LogP) is 5.19. The first-order valence-corrected chi connectivity index (χ1v) is 11.4. The first-order chi connectivity index (χ1) is 16.0. The Balaban J connectivity index is 2.00. The maximum atomic E-state index is 12.6. The number of hydrogen-bond donors (Lipinski definition) is 1. The topological polar surface area (TPSA) is 94.4 Å². The van der Waals surface area contributed by atoms with E-state index in [2.05, 4.69) is 4.99 Å². The molecule has 2 aromatic carbocycles. The summed E-state index contributed by atoms with van der Waals surface area (Å²) in [5.74, 6) is -0.368. The molecule has 0 saturated heterocycles. The number of aliphatic imine (C=N–C) groups is 1. The van der Waals surface area contributed by atoms with Crippen LogP contribution in [-0.2, 0) is 9.53 Å². The van der Waals surface area contributed by atoms with Gasteiger partial charge in [-0.2, -0.15) is 0 Å². The molecule has 1 aliphatic rings. The summed E-state index contributed by atoms with van der Waals surface area (Å²) in [6.45, 7) is 6.51. The van der Waals surface area contributed by atoms with Crippen LogP contribution in [0.5, 0.6) is 11.5 Å². The van der Waals surface area contributed by atoms with E-state index in [9.17, 15) is 14.7 Å². The lowest BCUT2D eigenvalue weighted by molar-refractivity contribution is -0.138. The fourth-order valence-electron chi connectivity index (χ4n) is 3.04. The van der Waals surface area contributed by atoms with Gasteiger partial charge in [0, 0.05) is 5.56 Å². The second-order valence-corrected chi connectivity index (χ2v) is 7.75. The largest absolute Gasteiger partial charge is 0.506 e. The number of hydrogen-bond acceptors (Lipinski definition) is 7. The van der Waals surface area contributed by atoms with E-state index in [0.717, 1.165) is 17.3 Å². The van der Waals surface area contributed by atoms with Crippen molar-refractivity contribution in [3.63, 3.8) is 0 Å². The highest BCUT2D eigenvalue weighted by molar-refractivity contribution is 8.18. The Hall–Kier alpha value is -3.52. The van der Waals surface area contributed by atoms with Crippen molar-refractivity contribution in [1.82, 2.24) is 0 Å². The Morgan fingerprint density at radius 2 is 1.67 bits per heavy atom.